The molecule has 0 saturated heterocycles. The summed E-state index contributed by atoms with van der Waals surface area (Å²) in [5, 5.41) is 0. The van der Waals surface area contributed by atoms with E-state index >= 15 is 0 Å². The molecule has 0 fully saturated rings. The molecule has 0 spiro atoms. The fraction of sp³-hybridized carbons (Fsp3) is 0.533. The van der Waals surface area contributed by atoms with E-state index in [9.17, 15) is 4.79 Å². The predicted octanol–water partition coefficient (Wildman–Crippen LogP) is 3.86. The highest BCUT2D eigenvalue weighted by molar-refractivity contribution is 5.76. The van der Waals surface area contributed by atoms with Gasteiger partial charge in [-0.3, -0.25) is 4.79 Å². The lowest BCUT2D eigenvalue weighted by atomic mass is 10.2. The van der Waals surface area contributed by atoms with E-state index in [4.69, 9.17) is 9.47 Å². The number of unbranched alkanes of at least 4 members (excludes halogenated alkanes) is 4. The van der Waals surface area contributed by atoms with E-state index < -0.39 is 0 Å². The lowest BCUT2D eigenvalue weighted by Gasteiger charge is -2.10. The Balaban J connectivity index is 2.42. The second-order valence-electron chi connectivity index (χ2n) is 4.29. The van der Waals surface area contributed by atoms with Crippen molar-refractivity contribution < 1.29 is 14.3 Å². The number of benzene rings is 1. The highest BCUT2D eigenvalue weighted by atomic mass is 16.5. The van der Waals surface area contributed by atoms with Crippen molar-refractivity contribution in [3.8, 4) is 11.5 Å². The third-order valence-electron chi connectivity index (χ3n) is 2.83. The van der Waals surface area contributed by atoms with E-state index in [2.05, 4.69) is 6.92 Å². The largest absolute Gasteiger partial charge is 0.493 e. The van der Waals surface area contributed by atoms with Crippen LogP contribution in [-0.4, -0.2) is 20.0 Å². The number of carbonyl (C=O) groups excluding carboxylic acids is 1. The molecule has 0 radical (unpaired) electrons. The van der Waals surface area contributed by atoms with Crippen molar-refractivity contribution in [2.24, 2.45) is 0 Å². The van der Waals surface area contributed by atoms with E-state index in [-0.39, 0.29) is 0 Å². The Kier molecular flexibility index (Phi) is 6.92. The molecule has 0 bridgehead atoms. The molecule has 0 aliphatic carbocycles. The van der Waals surface area contributed by atoms with Gasteiger partial charge in [-0.2, -0.15) is 0 Å². The summed E-state index contributed by atoms with van der Waals surface area (Å²) >= 11 is 0. The summed E-state index contributed by atoms with van der Waals surface area (Å²) in [6.07, 6.45) is 6.82. The first kappa shape index (κ1) is 14.6. The molecule has 1 aromatic carbocycles. The van der Waals surface area contributed by atoms with Gasteiger partial charge in [-0.1, -0.05) is 32.6 Å². The van der Waals surface area contributed by atoms with Gasteiger partial charge in [0.15, 0.2) is 11.5 Å². The molecule has 3 heteroatoms. The zero-order valence-electron chi connectivity index (χ0n) is 11.3. The molecule has 100 valence electrons. The van der Waals surface area contributed by atoms with Gasteiger partial charge in [0, 0.05) is 5.56 Å². The lowest BCUT2D eigenvalue weighted by Crippen LogP contribution is -2.00. The van der Waals surface area contributed by atoms with Crippen LogP contribution in [0.2, 0.25) is 0 Å². The minimum atomic E-state index is 0.608. The minimum absolute atomic E-state index is 0.608. The van der Waals surface area contributed by atoms with Crippen LogP contribution in [0.5, 0.6) is 11.5 Å². The van der Waals surface area contributed by atoms with Crippen LogP contribution < -0.4 is 9.47 Å². The Hall–Kier alpha value is -1.51. The van der Waals surface area contributed by atoms with E-state index in [0.717, 1.165) is 12.7 Å². The quantitative estimate of drug-likeness (QED) is 0.493. The summed E-state index contributed by atoms with van der Waals surface area (Å²) in [5.74, 6) is 1.33. The topological polar surface area (TPSA) is 35.5 Å². The third-order valence-corrected chi connectivity index (χ3v) is 2.83. The number of aldehydes is 1. The van der Waals surface area contributed by atoms with Crippen molar-refractivity contribution in [3.63, 3.8) is 0 Å². The van der Waals surface area contributed by atoms with Crippen molar-refractivity contribution in [2.45, 2.75) is 39.0 Å². The minimum Gasteiger partial charge on any atom is -0.493 e. The average Bonchev–Trinajstić information content (AvgIpc) is 2.42. The Labute approximate surface area is 109 Å². The summed E-state index contributed by atoms with van der Waals surface area (Å²) in [6.45, 7) is 2.87. The van der Waals surface area contributed by atoms with Crippen LogP contribution in [0, 0.1) is 0 Å². The molecular weight excluding hydrogens is 228 g/mol. The van der Waals surface area contributed by atoms with Gasteiger partial charge in [-0.15, -0.1) is 0 Å². The van der Waals surface area contributed by atoms with Crippen LogP contribution in [0.15, 0.2) is 18.2 Å². The lowest BCUT2D eigenvalue weighted by molar-refractivity contribution is 0.112. The Bertz CT molecular complexity index is 361. The zero-order valence-corrected chi connectivity index (χ0v) is 11.3. The zero-order chi connectivity index (χ0) is 13.2. The van der Waals surface area contributed by atoms with Crippen LogP contribution in [0.25, 0.3) is 0 Å². The first-order valence-corrected chi connectivity index (χ1v) is 6.57. The number of hydrogen-bond acceptors (Lipinski definition) is 3. The average molecular weight is 250 g/mol. The molecule has 0 aliphatic rings. The maximum atomic E-state index is 10.7. The molecule has 0 aliphatic heterocycles. The fourth-order valence-corrected chi connectivity index (χ4v) is 1.77. The number of hydrogen-bond donors (Lipinski definition) is 0. The third kappa shape index (κ3) is 4.78. The maximum Gasteiger partial charge on any atom is 0.161 e. The monoisotopic (exact) mass is 250 g/mol. The summed E-state index contributed by atoms with van der Waals surface area (Å²) in [7, 11) is 1.60. The molecule has 0 heterocycles. The molecular formula is C15H22O3. The Morgan fingerprint density at radius 3 is 2.56 bits per heavy atom. The number of rotatable bonds is 9. The first-order chi connectivity index (χ1) is 8.81. The van der Waals surface area contributed by atoms with Gasteiger partial charge < -0.3 is 9.47 Å². The van der Waals surface area contributed by atoms with Gasteiger partial charge in [0.25, 0.3) is 0 Å². The first-order valence-electron chi connectivity index (χ1n) is 6.57. The van der Waals surface area contributed by atoms with E-state index in [1.165, 1.54) is 25.7 Å². The second kappa shape index (κ2) is 8.56. The van der Waals surface area contributed by atoms with Crippen LogP contribution in [0.3, 0.4) is 0 Å². The Morgan fingerprint density at radius 2 is 1.89 bits per heavy atom. The highest BCUT2D eigenvalue weighted by Gasteiger charge is 2.05. The van der Waals surface area contributed by atoms with Crippen LogP contribution >= 0.6 is 0 Å². The molecule has 1 aromatic rings. The smallest absolute Gasteiger partial charge is 0.161 e. The fourth-order valence-electron chi connectivity index (χ4n) is 1.77. The standard InChI is InChI=1S/C15H22O3/c1-3-4-5-6-7-10-18-15-11-13(12-16)8-9-14(15)17-2/h8-9,11-12H,3-7,10H2,1-2H3. The molecule has 0 saturated carbocycles. The summed E-state index contributed by atoms with van der Waals surface area (Å²) in [6, 6.07) is 5.20. The second-order valence-corrected chi connectivity index (χ2v) is 4.29. The van der Waals surface area contributed by atoms with Crippen LogP contribution in [-0.2, 0) is 0 Å². The normalized spacial score (nSPS) is 10.1. The molecule has 0 atom stereocenters. The summed E-state index contributed by atoms with van der Waals surface area (Å²) < 4.78 is 10.9. The van der Waals surface area contributed by atoms with Gasteiger partial charge in [-0.05, 0) is 24.6 Å². The predicted molar refractivity (Wildman–Crippen MR) is 72.6 cm³/mol. The molecule has 0 amide bonds. The molecule has 1 rings (SSSR count). The molecule has 18 heavy (non-hydrogen) atoms. The Morgan fingerprint density at radius 1 is 1.11 bits per heavy atom. The SMILES string of the molecule is CCCCCCCOc1cc(C=O)ccc1OC. The number of methoxy groups -OCH3 is 1. The van der Waals surface area contributed by atoms with Crippen molar-refractivity contribution in [2.75, 3.05) is 13.7 Å². The summed E-state index contributed by atoms with van der Waals surface area (Å²) in [4.78, 5) is 10.7. The van der Waals surface area contributed by atoms with Gasteiger partial charge >= 0.3 is 0 Å². The van der Waals surface area contributed by atoms with Gasteiger partial charge in [-0.25, -0.2) is 0 Å². The van der Waals surface area contributed by atoms with Gasteiger partial charge in [0.1, 0.15) is 6.29 Å². The van der Waals surface area contributed by atoms with Crippen LogP contribution in [0.1, 0.15) is 49.4 Å². The van der Waals surface area contributed by atoms with E-state index in [1.54, 1.807) is 25.3 Å². The maximum absolute atomic E-state index is 10.7. The summed E-state index contributed by atoms with van der Waals surface area (Å²) in [5.41, 5.74) is 0.608. The number of carbonyl (C=O) groups is 1. The molecule has 0 N–H and O–H groups in total. The van der Waals surface area contributed by atoms with Crippen molar-refractivity contribution in [1.82, 2.24) is 0 Å². The van der Waals surface area contributed by atoms with Gasteiger partial charge in [0.2, 0.25) is 0 Å². The van der Waals surface area contributed by atoms with E-state index in [0.29, 0.717) is 23.7 Å². The number of ether oxygens (including phenoxy) is 2. The van der Waals surface area contributed by atoms with E-state index in [1.807, 2.05) is 0 Å². The molecule has 0 unspecified atom stereocenters. The molecule has 0 aromatic heterocycles. The molecule has 3 nitrogen and oxygen atoms in total. The van der Waals surface area contributed by atoms with Crippen molar-refractivity contribution in [1.29, 1.82) is 0 Å². The van der Waals surface area contributed by atoms with Crippen molar-refractivity contribution >= 4 is 6.29 Å². The highest BCUT2D eigenvalue weighted by Crippen LogP contribution is 2.27. The van der Waals surface area contributed by atoms with Gasteiger partial charge in [0.05, 0.1) is 13.7 Å². The van der Waals surface area contributed by atoms with Crippen molar-refractivity contribution in [3.05, 3.63) is 23.8 Å². The van der Waals surface area contributed by atoms with Crippen LogP contribution in [0.4, 0.5) is 0 Å².